The minimum atomic E-state index is -0.187. The molecule has 0 spiro atoms. The van der Waals surface area contributed by atoms with E-state index in [2.05, 4.69) is 10.3 Å². The van der Waals surface area contributed by atoms with Crippen LogP contribution in [0.4, 0.5) is 0 Å². The lowest BCUT2D eigenvalue weighted by atomic mass is 10.2. The van der Waals surface area contributed by atoms with Crippen LogP contribution in [0, 0.1) is 0 Å². The minimum absolute atomic E-state index is 0.00509. The average molecular weight is 240 g/mol. The molecular weight excluding hydrogens is 224 g/mol. The molecule has 1 aromatic rings. The first-order chi connectivity index (χ1) is 7.77. The fourth-order valence-electron chi connectivity index (χ4n) is 1.31. The maximum Gasteiger partial charge on any atom is 0.270 e. The highest BCUT2D eigenvalue weighted by Crippen LogP contribution is 2.03. The lowest BCUT2D eigenvalue weighted by Gasteiger charge is -2.16. The Morgan fingerprint density at radius 2 is 2.44 bits per heavy atom. The van der Waals surface area contributed by atoms with E-state index in [1.165, 1.54) is 0 Å². The Morgan fingerprint density at radius 1 is 1.62 bits per heavy atom. The highest BCUT2D eigenvalue weighted by atomic mass is 32.2. The number of aliphatic hydroxyl groups is 1. The summed E-state index contributed by atoms with van der Waals surface area (Å²) in [7, 11) is 0. The predicted octanol–water partition coefficient (Wildman–Crippen LogP) is 0.925. The van der Waals surface area contributed by atoms with Crippen molar-refractivity contribution in [2.24, 2.45) is 0 Å². The number of hydrogen-bond donors (Lipinski definition) is 2. The standard InChI is InChI=1S/C11H16N2O2S/c1-16-8-9(5-7-14)13-11(15)10-4-2-3-6-12-10/h2-4,6,9,14H,5,7-8H2,1H3,(H,13,15). The molecule has 0 bridgehead atoms. The minimum Gasteiger partial charge on any atom is -0.396 e. The number of nitrogens with zero attached hydrogens (tertiary/aromatic N) is 1. The lowest BCUT2D eigenvalue weighted by Crippen LogP contribution is -2.37. The van der Waals surface area contributed by atoms with E-state index in [4.69, 9.17) is 5.11 Å². The van der Waals surface area contributed by atoms with Crippen LogP contribution in [-0.2, 0) is 0 Å². The van der Waals surface area contributed by atoms with Gasteiger partial charge in [0.15, 0.2) is 0 Å². The molecule has 16 heavy (non-hydrogen) atoms. The van der Waals surface area contributed by atoms with Crippen molar-refractivity contribution in [2.45, 2.75) is 12.5 Å². The van der Waals surface area contributed by atoms with Crippen molar-refractivity contribution < 1.29 is 9.90 Å². The van der Waals surface area contributed by atoms with Gasteiger partial charge in [-0.2, -0.15) is 11.8 Å². The van der Waals surface area contributed by atoms with E-state index in [1.807, 2.05) is 6.26 Å². The van der Waals surface area contributed by atoms with Crippen LogP contribution in [0.5, 0.6) is 0 Å². The Labute approximate surface area is 99.5 Å². The number of rotatable bonds is 6. The monoisotopic (exact) mass is 240 g/mol. The normalized spacial score (nSPS) is 12.1. The molecule has 4 nitrogen and oxygen atoms in total. The van der Waals surface area contributed by atoms with Gasteiger partial charge in [0.25, 0.3) is 5.91 Å². The van der Waals surface area contributed by atoms with E-state index in [-0.39, 0.29) is 18.6 Å². The maximum absolute atomic E-state index is 11.7. The predicted molar refractivity (Wildman–Crippen MR) is 65.6 cm³/mol. The number of nitrogens with one attached hydrogen (secondary N) is 1. The molecule has 0 aliphatic rings. The lowest BCUT2D eigenvalue weighted by molar-refractivity contribution is 0.0930. The van der Waals surface area contributed by atoms with Crippen molar-refractivity contribution in [2.75, 3.05) is 18.6 Å². The van der Waals surface area contributed by atoms with E-state index in [1.54, 1.807) is 36.2 Å². The Kier molecular flexibility index (Phi) is 5.88. The second kappa shape index (κ2) is 7.24. The molecule has 0 aromatic carbocycles. The molecule has 88 valence electrons. The van der Waals surface area contributed by atoms with Gasteiger partial charge in [-0.15, -0.1) is 0 Å². The molecular formula is C11H16N2O2S. The van der Waals surface area contributed by atoms with E-state index in [0.717, 1.165) is 5.75 Å². The fraction of sp³-hybridized carbons (Fsp3) is 0.455. The fourth-order valence-corrected chi connectivity index (χ4v) is 1.96. The van der Waals surface area contributed by atoms with Crippen LogP contribution in [0.15, 0.2) is 24.4 Å². The van der Waals surface area contributed by atoms with Crippen molar-refractivity contribution in [3.8, 4) is 0 Å². The van der Waals surface area contributed by atoms with E-state index in [0.29, 0.717) is 12.1 Å². The zero-order valence-corrected chi connectivity index (χ0v) is 10.0. The summed E-state index contributed by atoms with van der Waals surface area (Å²) >= 11 is 1.64. The highest BCUT2D eigenvalue weighted by Gasteiger charge is 2.13. The first kappa shape index (κ1) is 13.0. The molecule has 5 heteroatoms. The first-order valence-corrected chi connectivity index (χ1v) is 6.49. The van der Waals surface area contributed by atoms with Gasteiger partial charge < -0.3 is 10.4 Å². The molecule has 1 amide bonds. The van der Waals surface area contributed by atoms with Crippen molar-refractivity contribution in [3.63, 3.8) is 0 Å². The summed E-state index contributed by atoms with van der Waals surface area (Å²) in [5.74, 6) is 0.604. The third-order valence-electron chi connectivity index (χ3n) is 2.08. The van der Waals surface area contributed by atoms with Gasteiger partial charge in [-0.3, -0.25) is 9.78 Å². The van der Waals surface area contributed by atoms with Crippen LogP contribution in [-0.4, -0.2) is 40.7 Å². The average Bonchev–Trinajstić information content (AvgIpc) is 2.31. The van der Waals surface area contributed by atoms with Gasteiger partial charge in [0.1, 0.15) is 5.69 Å². The topological polar surface area (TPSA) is 62.2 Å². The van der Waals surface area contributed by atoms with E-state index < -0.39 is 0 Å². The molecule has 2 N–H and O–H groups in total. The van der Waals surface area contributed by atoms with E-state index in [9.17, 15) is 4.79 Å². The molecule has 0 saturated heterocycles. The summed E-state index contributed by atoms with van der Waals surface area (Å²) in [5, 5.41) is 11.7. The third-order valence-corrected chi connectivity index (χ3v) is 2.81. The zero-order valence-electron chi connectivity index (χ0n) is 9.22. The summed E-state index contributed by atoms with van der Waals surface area (Å²) in [5.41, 5.74) is 0.409. The second-order valence-corrected chi connectivity index (χ2v) is 4.26. The van der Waals surface area contributed by atoms with Gasteiger partial charge in [0.05, 0.1) is 0 Å². The Hall–Kier alpha value is -1.07. The Bertz CT molecular complexity index is 313. The third kappa shape index (κ3) is 4.20. The summed E-state index contributed by atoms with van der Waals surface area (Å²) in [4.78, 5) is 15.7. The molecule has 0 aliphatic heterocycles. The number of aliphatic hydroxyl groups excluding tert-OH is 1. The van der Waals surface area contributed by atoms with Crippen LogP contribution in [0.25, 0.3) is 0 Å². The van der Waals surface area contributed by atoms with Gasteiger partial charge >= 0.3 is 0 Å². The molecule has 0 fully saturated rings. The van der Waals surface area contributed by atoms with E-state index >= 15 is 0 Å². The molecule has 0 saturated carbocycles. The number of hydrogen-bond acceptors (Lipinski definition) is 4. The molecule has 0 radical (unpaired) electrons. The van der Waals surface area contributed by atoms with Crippen LogP contribution < -0.4 is 5.32 Å². The highest BCUT2D eigenvalue weighted by molar-refractivity contribution is 7.98. The quantitative estimate of drug-likeness (QED) is 0.776. The SMILES string of the molecule is CSCC(CCO)NC(=O)c1ccccn1. The molecule has 1 unspecified atom stereocenters. The molecule has 1 atom stereocenters. The zero-order chi connectivity index (χ0) is 11.8. The van der Waals surface area contributed by atoms with Gasteiger partial charge in [-0.05, 0) is 24.8 Å². The second-order valence-electron chi connectivity index (χ2n) is 3.35. The largest absolute Gasteiger partial charge is 0.396 e. The number of thioether (sulfide) groups is 1. The maximum atomic E-state index is 11.7. The molecule has 0 aliphatic carbocycles. The molecule has 1 aromatic heterocycles. The Morgan fingerprint density at radius 3 is 3.00 bits per heavy atom. The molecule has 1 rings (SSSR count). The van der Waals surface area contributed by atoms with Gasteiger partial charge in [0, 0.05) is 24.6 Å². The first-order valence-electron chi connectivity index (χ1n) is 5.09. The summed E-state index contributed by atoms with van der Waals surface area (Å²) in [6.45, 7) is 0.0771. The van der Waals surface area contributed by atoms with Gasteiger partial charge in [-0.1, -0.05) is 6.07 Å². The summed E-state index contributed by atoms with van der Waals surface area (Å²) < 4.78 is 0. The van der Waals surface area contributed by atoms with Crippen LogP contribution in [0.2, 0.25) is 0 Å². The van der Waals surface area contributed by atoms with Gasteiger partial charge in [-0.25, -0.2) is 0 Å². The van der Waals surface area contributed by atoms with Crippen molar-refractivity contribution in [1.82, 2.24) is 10.3 Å². The number of pyridine rings is 1. The van der Waals surface area contributed by atoms with Crippen LogP contribution in [0.1, 0.15) is 16.9 Å². The van der Waals surface area contributed by atoms with Crippen LogP contribution >= 0.6 is 11.8 Å². The number of aromatic nitrogens is 1. The van der Waals surface area contributed by atoms with Crippen molar-refractivity contribution >= 4 is 17.7 Å². The summed E-state index contributed by atoms with van der Waals surface area (Å²) in [6, 6.07) is 5.21. The van der Waals surface area contributed by atoms with Gasteiger partial charge in [0.2, 0.25) is 0 Å². The number of amides is 1. The number of carbonyl (C=O) groups excluding carboxylic acids is 1. The Balaban J connectivity index is 2.54. The van der Waals surface area contributed by atoms with Crippen LogP contribution in [0.3, 0.4) is 0 Å². The van der Waals surface area contributed by atoms with Crippen molar-refractivity contribution in [3.05, 3.63) is 30.1 Å². The number of carbonyl (C=O) groups is 1. The smallest absolute Gasteiger partial charge is 0.270 e. The van der Waals surface area contributed by atoms with Crippen molar-refractivity contribution in [1.29, 1.82) is 0 Å². The molecule has 1 heterocycles. The summed E-state index contributed by atoms with van der Waals surface area (Å²) in [6.07, 6.45) is 4.13.